The molecule has 0 aromatic carbocycles. The second-order valence-corrected chi connectivity index (χ2v) is 8.95. The highest BCUT2D eigenvalue weighted by molar-refractivity contribution is 5.79. The summed E-state index contributed by atoms with van der Waals surface area (Å²) in [7, 11) is 0. The van der Waals surface area contributed by atoms with Crippen molar-refractivity contribution in [1.29, 1.82) is 0 Å². The van der Waals surface area contributed by atoms with Crippen molar-refractivity contribution in [3.8, 4) is 11.3 Å². The maximum Gasteiger partial charge on any atom is 0.225 e. The molecule has 6 nitrogen and oxygen atoms in total. The van der Waals surface area contributed by atoms with Crippen LogP contribution in [0.4, 0.5) is 0 Å². The molecule has 1 amide bonds. The predicted molar refractivity (Wildman–Crippen MR) is 111 cm³/mol. The molecule has 0 atom stereocenters. The number of carbonyl (C=O) groups is 1. The van der Waals surface area contributed by atoms with Gasteiger partial charge >= 0.3 is 0 Å². The third-order valence-corrected chi connectivity index (χ3v) is 6.40. The standard InChI is InChI=1S/C23H32N4O2/c1-15(2)21-19(20-13-16(3)26-29-20)14-24-22(25-21)17-9-11-27(12-10-17)23(28)18-7-5-4-6-8-18/h13-15,17-18H,4-12H2,1-3H3. The van der Waals surface area contributed by atoms with Gasteiger partial charge in [0.2, 0.25) is 5.91 Å². The summed E-state index contributed by atoms with van der Waals surface area (Å²) in [5, 5.41) is 4.00. The first kappa shape index (κ1) is 20.0. The summed E-state index contributed by atoms with van der Waals surface area (Å²) < 4.78 is 5.45. The molecular weight excluding hydrogens is 364 g/mol. The minimum atomic E-state index is 0.258. The van der Waals surface area contributed by atoms with E-state index in [1.165, 1.54) is 19.3 Å². The Morgan fingerprint density at radius 3 is 2.48 bits per heavy atom. The Morgan fingerprint density at radius 1 is 1.14 bits per heavy atom. The third kappa shape index (κ3) is 4.36. The van der Waals surface area contributed by atoms with E-state index in [-0.39, 0.29) is 11.8 Å². The molecule has 4 rings (SSSR count). The number of carbonyl (C=O) groups excluding carboxylic acids is 1. The van der Waals surface area contributed by atoms with Crippen LogP contribution in [-0.2, 0) is 4.79 Å². The van der Waals surface area contributed by atoms with Crippen molar-refractivity contribution < 1.29 is 9.32 Å². The quantitative estimate of drug-likeness (QED) is 0.739. The van der Waals surface area contributed by atoms with Crippen molar-refractivity contribution in [3.63, 3.8) is 0 Å². The average Bonchev–Trinajstić information content (AvgIpc) is 3.19. The maximum atomic E-state index is 12.8. The number of likely N-dealkylation sites (tertiary alicyclic amines) is 1. The Bertz CT molecular complexity index is 846. The number of aryl methyl sites for hydroxylation is 1. The highest BCUT2D eigenvalue weighted by Crippen LogP contribution is 2.33. The maximum absolute atomic E-state index is 12.8. The second kappa shape index (κ2) is 8.64. The molecule has 0 bridgehead atoms. The Morgan fingerprint density at radius 2 is 1.86 bits per heavy atom. The van der Waals surface area contributed by atoms with E-state index in [1.54, 1.807) is 0 Å². The molecule has 2 aliphatic rings. The van der Waals surface area contributed by atoms with Crippen molar-refractivity contribution in [1.82, 2.24) is 20.0 Å². The van der Waals surface area contributed by atoms with Crippen LogP contribution in [0.1, 0.15) is 87.8 Å². The molecule has 1 saturated carbocycles. The summed E-state index contributed by atoms with van der Waals surface area (Å²) in [6.45, 7) is 7.85. The third-order valence-electron chi connectivity index (χ3n) is 6.40. The second-order valence-electron chi connectivity index (χ2n) is 8.95. The molecule has 0 unspecified atom stereocenters. The summed E-state index contributed by atoms with van der Waals surface area (Å²) >= 11 is 0. The first-order valence-electron chi connectivity index (χ1n) is 11.1. The van der Waals surface area contributed by atoms with Crippen LogP contribution in [0.15, 0.2) is 16.8 Å². The van der Waals surface area contributed by atoms with Crippen molar-refractivity contribution in [2.75, 3.05) is 13.1 Å². The molecule has 2 aromatic rings. The fourth-order valence-electron chi connectivity index (χ4n) is 4.69. The molecule has 3 heterocycles. The Labute approximate surface area is 173 Å². The first-order chi connectivity index (χ1) is 14.0. The number of hydrogen-bond acceptors (Lipinski definition) is 5. The molecule has 1 aliphatic carbocycles. The lowest BCUT2D eigenvalue weighted by molar-refractivity contribution is -0.137. The van der Waals surface area contributed by atoms with Gasteiger partial charge in [-0.05, 0) is 38.5 Å². The van der Waals surface area contributed by atoms with Gasteiger partial charge in [-0.15, -0.1) is 0 Å². The largest absolute Gasteiger partial charge is 0.356 e. The Kier molecular flexibility index (Phi) is 5.97. The number of rotatable bonds is 4. The zero-order valence-electron chi connectivity index (χ0n) is 17.9. The van der Waals surface area contributed by atoms with Crippen LogP contribution in [0, 0.1) is 12.8 Å². The Hall–Kier alpha value is -2.24. The smallest absolute Gasteiger partial charge is 0.225 e. The Balaban J connectivity index is 1.45. The SMILES string of the molecule is Cc1cc(-c2cnc(C3CCN(C(=O)C4CCCCC4)CC3)nc2C(C)C)on1. The van der Waals surface area contributed by atoms with Gasteiger partial charge in [-0.3, -0.25) is 4.79 Å². The molecule has 2 fully saturated rings. The number of aromatic nitrogens is 3. The fraction of sp³-hybridized carbons (Fsp3) is 0.652. The lowest BCUT2D eigenvalue weighted by Crippen LogP contribution is -2.42. The number of piperidine rings is 1. The molecule has 1 saturated heterocycles. The normalized spacial score (nSPS) is 19.1. The van der Waals surface area contributed by atoms with Gasteiger partial charge in [-0.2, -0.15) is 0 Å². The molecule has 2 aromatic heterocycles. The van der Waals surface area contributed by atoms with Gasteiger partial charge in [0.1, 0.15) is 5.82 Å². The van der Waals surface area contributed by atoms with E-state index in [2.05, 4.69) is 28.9 Å². The minimum Gasteiger partial charge on any atom is -0.356 e. The zero-order chi connectivity index (χ0) is 20.4. The summed E-state index contributed by atoms with van der Waals surface area (Å²) in [6, 6.07) is 1.93. The number of amides is 1. The van der Waals surface area contributed by atoms with E-state index < -0.39 is 0 Å². The molecule has 6 heteroatoms. The summed E-state index contributed by atoms with van der Waals surface area (Å²) in [5.74, 6) is 2.85. The highest BCUT2D eigenvalue weighted by atomic mass is 16.5. The topological polar surface area (TPSA) is 72.1 Å². The molecule has 0 radical (unpaired) electrons. The monoisotopic (exact) mass is 396 g/mol. The lowest BCUT2D eigenvalue weighted by Gasteiger charge is -2.34. The van der Waals surface area contributed by atoms with E-state index in [0.717, 1.165) is 67.3 Å². The summed E-state index contributed by atoms with van der Waals surface area (Å²) in [5.41, 5.74) is 2.79. The fourth-order valence-corrected chi connectivity index (χ4v) is 4.69. The first-order valence-corrected chi connectivity index (χ1v) is 11.1. The van der Waals surface area contributed by atoms with Gasteiger partial charge < -0.3 is 9.42 Å². The van der Waals surface area contributed by atoms with Gasteiger partial charge in [-0.1, -0.05) is 38.3 Å². The van der Waals surface area contributed by atoms with Crippen LogP contribution in [0.25, 0.3) is 11.3 Å². The molecule has 156 valence electrons. The van der Waals surface area contributed by atoms with Crippen LogP contribution in [-0.4, -0.2) is 39.0 Å². The molecule has 0 spiro atoms. The van der Waals surface area contributed by atoms with Crippen molar-refractivity contribution >= 4 is 5.91 Å². The van der Waals surface area contributed by atoms with Gasteiger partial charge in [0.15, 0.2) is 5.76 Å². The van der Waals surface area contributed by atoms with E-state index in [4.69, 9.17) is 9.51 Å². The van der Waals surface area contributed by atoms with E-state index in [9.17, 15) is 4.79 Å². The van der Waals surface area contributed by atoms with Crippen molar-refractivity contribution in [3.05, 3.63) is 29.5 Å². The number of hydrogen-bond donors (Lipinski definition) is 0. The number of nitrogens with zero attached hydrogens (tertiary/aromatic N) is 4. The van der Waals surface area contributed by atoms with Gasteiger partial charge in [-0.25, -0.2) is 9.97 Å². The molecule has 0 N–H and O–H groups in total. The predicted octanol–water partition coefficient (Wildman–Crippen LogP) is 4.85. The molecule has 29 heavy (non-hydrogen) atoms. The average molecular weight is 397 g/mol. The molecule has 1 aliphatic heterocycles. The molecular formula is C23H32N4O2. The van der Waals surface area contributed by atoms with Crippen LogP contribution in [0.3, 0.4) is 0 Å². The summed E-state index contributed by atoms with van der Waals surface area (Å²) in [4.78, 5) is 24.5. The van der Waals surface area contributed by atoms with E-state index >= 15 is 0 Å². The zero-order valence-corrected chi connectivity index (χ0v) is 17.9. The van der Waals surface area contributed by atoms with Gasteiger partial charge in [0, 0.05) is 37.2 Å². The lowest BCUT2D eigenvalue weighted by atomic mass is 9.87. The minimum absolute atomic E-state index is 0.258. The van der Waals surface area contributed by atoms with Crippen LogP contribution in [0.5, 0.6) is 0 Å². The van der Waals surface area contributed by atoms with Gasteiger partial charge in [0.05, 0.1) is 17.0 Å². The highest BCUT2D eigenvalue weighted by Gasteiger charge is 2.31. The van der Waals surface area contributed by atoms with E-state index in [0.29, 0.717) is 11.8 Å². The van der Waals surface area contributed by atoms with Gasteiger partial charge in [0.25, 0.3) is 0 Å². The van der Waals surface area contributed by atoms with E-state index in [1.807, 2.05) is 19.2 Å². The van der Waals surface area contributed by atoms with Crippen molar-refractivity contribution in [2.45, 2.75) is 77.6 Å². The van der Waals surface area contributed by atoms with Crippen LogP contribution in [0.2, 0.25) is 0 Å². The summed E-state index contributed by atoms with van der Waals surface area (Å²) in [6.07, 6.45) is 9.60. The van der Waals surface area contributed by atoms with Crippen molar-refractivity contribution in [2.24, 2.45) is 5.92 Å². The van der Waals surface area contributed by atoms with Crippen LogP contribution < -0.4 is 0 Å². The van der Waals surface area contributed by atoms with Crippen LogP contribution >= 0.6 is 0 Å².